The van der Waals surface area contributed by atoms with Crippen molar-refractivity contribution >= 4 is 22.5 Å². The van der Waals surface area contributed by atoms with Gasteiger partial charge in [0, 0.05) is 11.5 Å². The summed E-state index contributed by atoms with van der Waals surface area (Å²) in [7, 11) is 0. The zero-order chi connectivity index (χ0) is 8.72. The molecule has 0 bridgehead atoms. The number of H-pyrrole nitrogens is 1. The fraction of sp³-hybridized carbons (Fsp3) is 0.111. The molecule has 2 aromatic rings. The molecule has 3 heteroatoms. The molecule has 0 aliphatic rings. The number of halogens is 1. The minimum Gasteiger partial charge on any atom is -0.495 e. The Balaban J connectivity index is 2.88. The maximum atomic E-state index is 9.16. The Morgan fingerprint density at radius 3 is 2.83 bits per heavy atom. The molecule has 0 unspecified atom stereocenters. The van der Waals surface area contributed by atoms with Gasteiger partial charge in [0.05, 0.1) is 10.5 Å². The third kappa shape index (κ3) is 1.04. The smallest absolute Gasteiger partial charge is 0.189 e. The molecule has 2 nitrogen and oxygen atoms in total. The monoisotopic (exact) mass is 181 g/mol. The van der Waals surface area contributed by atoms with Crippen molar-refractivity contribution in [3.63, 3.8) is 0 Å². The zero-order valence-electron chi connectivity index (χ0n) is 6.56. The summed E-state index contributed by atoms with van der Waals surface area (Å²) in [5, 5.41) is 10.7. The molecule has 0 spiro atoms. The SMILES string of the molecule is Cc1cc(Cl)c2[nH]c(O)cc2c1. The summed E-state index contributed by atoms with van der Waals surface area (Å²) in [4.78, 5) is 2.78. The average molecular weight is 182 g/mol. The molecule has 0 aliphatic heterocycles. The zero-order valence-corrected chi connectivity index (χ0v) is 7.31. The molecule has 1 aromatic carbocycles. The predicted octanol–water partition coefficient (Wildman–Crippen LogP) is 2.84. The predicted molar refractivity (Wildman–Crippen MR) is 49.7 cm³/mol. The van der Waals surface area contributed by atoms with Crippen LogP contribution in [0, 0.1) is 6.92 Å². The Morgan fingerprint density at radius 1 is 1.33 bits per heavy atom. The number of aryl methyl sites for hydroxylation is 1. The van der Waals surface area contributed by atoms with Crippen LogP contribution in [0.1, 0.15) is 5.56 Å². The number of nitrogens with one attached hydrogen (secondary N) is 1. The van der Waals surface area contributed by atoms with E-state index in [1.165, 1.54) is 0 Å². The van der Waals surface area contributed by atoms with E-state index < -0.39 is 0 Å². The van der Waals surface area contributed by atoms with Gasteiger partial charge in [-0.25, -0.2) is 0 Å². The van der Waals surface area contributed by atoms with E-state index in [1.807, 2.05) is 19.1 Å². The van der Waals surface area contributed by atoms with Crippen LogP contribution in [0.5, 0.6) is 5.88 Å². The van der Waals surface area contributed by atoms with E-state index >= 15 is 0 Å². The Labute approximate surface area is 74.8 Å². The van der Waals surface area contributed by atoms with E-state index in [0.717, 1.165) is 16.5 Å². The fourth-order valence-electron chi connectivity index (χ4n) is 1.33. The molecule has 0 radical (unpaired) electrons. The van der Waals surface area contributed by atoms with Crippen LogP contribution in [0.15, 0.2) is 18.2 Å². The third-order valence-electron chi connectivity index (χ3n) is 1.81. The molecule has 0 fully saturated rings. The van der Waals surface area contributed by atoms with Gasteiger partial charge in [0.2, 0.25) is 0 Å². The highest BCUT2D eigenvalue weighted by atomic mass is 35.5. The van der Waals surface area contributed by atoms with Gasteiger partial charge >= 0.3 is 0 Å². The maximum Gasteiger partial charge on any atom is 0.189 e. The number of rotatable bonds is 0. The second-order valence-electron chi connectivity index (χ2n) is 2.87. The molecular formula is C9H8ClNO. The van der Waals surface area contributed by atoms with Crippen molar-refractivity contribution in [3.8, 4) is 5.88 Å². The lowest BCUT2D eigenvalue weighted by Crippen LogP contribution is -1.74. The molecule has 1 aromatic heterocycles. The van der Waals surface area contributed by atoms with E-state index in [1.54, 1.807) is 6.07 Å². The highest BCUT2D eigenvalue weighted by Crippen LogP contribution is 2.27. The number of benzene rings is 1. The van der Waals surface area contributed by atoms with Crippen LogP contribution in [0.3, 0.4) is 0 Å². The van der Waals surface area contributed by atoms with Crippen LogP contribution < -0.4 is 0 Å². The first kappa shape index (κ1) is 7.50. The van der Waals surface area contributed by atoms with Crippen LogP contribution in [-0.2, 0) is 0 Å². The molecule has 0 saturated heterocycles. The van der Waals surface area contributed by atoms with Crippen LogP contribution in [0.2, 0.25) is 5.02 Å². The molecule has 62 valence electrons. The van der Waals surface area contributed by atoms with E-state index in [0.29, 0.717) is 5.02 Å². The van der Waals surface area contributed by atoms with Crippen molar-refractivity contribution in [2.24, 2.45) is 0 Å². The first-order valence-electron chi connectivity index (χ1n) is 3.64. The average Bonchev–Trinajstić information content (AvgIpc) is 2.29. The van der Waals surface area contributed by atoms with Gasteiger partial charge in [-0.1, -0.05) is 11.6 Å². The largest absolute Gasteiger partial charge is 0.495 e. The van der Waals surface area contributed by atoms with Crippen LogP contribution >= 0.6 is 11.6 Å². The van der Waals surface area contributed by atoms with E-state index in [9.17, 15) is 0 Å². The molecule has 2 rings (SSSR count). The number of hydrogen-bond acceptors (Lipinski definition) is 1. The molecular weight excluding hydrogens is 174 g/mol. The van der Waals surface area contributed by atoms with Gasteiger partial charge < -0.3 is 10.1 Å². The Hall–Kier alpha value is -1.15. The van der Waals surface area contributed by atoms with E-state index in [2.05, 4.69) is 4.98 Å². The second-order valence-corrected chi connectivity index (χ2v) is 3.27. The first-order chi connectivity index (χ1) is 5.66. The van der Waals surface area contributed by atoms with Crippen molar-refractivity contribution in [3.05, 3.63) is 28.8 Å². The van der Waals surface area contributed by atoms with Gasteiger partial charge in [-0.15, -0.1) is 0 Å². The Morgan fingerprint density at radius 2 is 2.08 bits per heavy atom. The van der Waals surface area contributed by atoms with Gasteiger partial charge in [-0.3, -0.25) is 0 Å². The number of hydrogen-bond donors (Lipinski definition) is 2. The summed E-state index contributed by atoms with van der Waals surface area (Å²) < 4.78 is 0. The topological polar surface area (TPSA) is 36.0 Å². The van der Waals surface area contributed by atoms with Gasteiger partial charge in [0.15, 0.2) is 5.88 Å². The summed E-state index contributed by atoms with van der Waals surface area (Å²) >= 11 is 5.93. The van der Waals surface area contributed by atoms with Crippen LogP contribution in [-0.4, -0.2) is 10.1 Å². The van der Waals surface area contributed by atoms with Crippen molar-refractivity contribution < 1.29 is 5.11 Å². The summed E-state index contributed by atoms with van der Waals surface area (Å²) in [6.45, 7) is 1.97. The first-order valence-corrected chi connectivity index (χ1v) is 4.02. The van der Waals surface area contributed by atoms with Crippen molar-refractivity contribution in [2.45, 2.75) is 6.92 Å². The van der Waals surface area contributed by atoms with Crippen LogP contribution in [0.25, 0.3) is 10.9 Å². The lowest BCUT2D eigenvalue weighted by molar-refractivity contribution is 0.458. The summed E-state index contributed by atoms with van der Waals surface area (Å²) in [6.07, 6.45) is 0. The minimum absolute atomic E-state index is 0.150. The maximum absolute atomic E-state index is 9.16. The van der Waals surface area contributed by atoms with Crippen molar-refractivity contribution in [1.82, 2.24) is 4.98 Å². The lowest BCUT2D eigenvalue weighted by atomic mass is 10.2. The summed E-state index contributed by atoms with van der Waals surface area (Å²) in [6, 6.07) is 5.49. The second kappa shape index (κ2) is 2.42. The number of aromatic hydroxyl groups is 1. The van der Waals surface area contributed by atoms with E-state index in [-0.39, 0.29) is 5.88 Å². The van der Waals surface area contributed by atoms with E-state index in [4.69, 9.17) is 16.7 Å². The highest BCUT2D eigenvalue weighted by molar-refractivity contribution is 6.35. The third-order valence-corrected chi connectivity index (χ3v) is 2.11. The van der Waals surface area contributed by atoms with Crippen molar-refractivity contribution in [2.75, 3.05) is 0 Å². The fourth-order valence-corrected chi connectivity index (χ4v) is 1.65. The molecule has 0 aliphatic carbocycles. The molecule has 2 N–H and O–H groups in total. The lowest BCUT2D eigenvalue weighted by Gasteiger charge is -1.95. The number of aromatic nitrogens is 1. The quantitative estimate of drug-likeness (QED) is 0.644. The highest BCUT2D eigenvalue weighted by Gasteiger charge is 2.03. The molecule has 1 heterocycles. The normalized spacial score (nSPS) is 10.8. The minimum atomic E-state index is 0.150. The Kier molecular flexibility index (Phi) is 1.51. The standard InChI is InChI=1S/C9H8ClNO/c1-5-2-6-4-8(12)11-9(6)7(10)3-5/h2-4,11-12H,1H3. The number of fused-ring (bicyclic) bond motifs is 1. The van der Waals surface area contributed by atoms with Crippen molar-refractivity contribution in [1.29, 1.82) is 0 Å². The number of aromatic amines is 1. The molecule has 0 atom stereocenters. The molecule has 0 amide bonds. The molecule has 0 saturated carbocycles. The van der Waals surface area contributed by atoms with Gasteiger partial charge in [-0.05, 0) is 24.6 Å². The van der Waals surface area contributed by atoms with Gasteiger partial charge in [0.25, 0.3) is 0 Å². The Bertz CT molecular complexity index is 433. The molecule has 12 heavy (non-hydrogen) atoms. The van der Waals surface area contributed by atoms with Gasteiger partial charge in [0.1, 0.15) is 0 Å². The summed E-state index contributed by atoms with van der Waals surface area (Å²) in [5.74, 6) is 0.150. The van der Waals surface area contributed by atoms with Gasteiger partial charge in [-0.2, -0.15) is 0 Å². The van der Waals surface area contributed by atoms with Crippen LogP contribution in [0.4, 0.5) is 0 Å². The summed E-state index contributed by atoms with van der Waals surface area (Å²) in [5.41, 5.74) is 1.88.